The molecule has 1 aromatic heterocycles. The molecule has 0 amide bonds. The largest absolute Gasteiger partial charge is 0.330 e. The summed E-state index contributed by atoms with van der Waals surface area (Å²) in [5.41, 5.74) is 9.35. The van der Waals surface area contributed by atoms with E-state index in [1.165, 1.54) is 10.4 Å². The zero-order valence-electron chi connectivity index (χ0n) is 9.76. The Balaban J connectivity index is 2.17. The van der Waals surface area contributed by atoms with Gasteiger partial charge in [0.25, 0.3) is 0 Å². The zero-order valence-corrected chi connectivity index (χ0v) is 10.6. The van der Waals surface area contributed by atoms with Crippen LogP contribution in [0, 0.1) is 0 Å². The monoisotopic (exact) mass is 253 g/mol. The highest BCUT2D eigenvalue weighted by molar-refractivity contribution is 7.18. The van der Waals surface area contributed by atoms with Crippen molar-refractivity contribution < 1.29 is 4.98 Å². The predicted octanol–water partition coefficient (Wildman–Crippen LogP) is 3.48. The molecule has 0 aliphatic heterocycles. The molecule has 0 saturated heterocycles. The number of rotatable bonds is 2. The van der Waals surface area contributed by atoms with Gasteiger partial charge in [-0.15, -0.1) is 0 Å². The summed E-state index contributed by atoms with van der Waals surface area (Å²) >= 11 is 1.58. The van der Waals surface area contributed by atoms with Crippen molar-refractivity contribution in [2.45, 2.75) is 0 Å². The van der Waals surface area contributed by atoms with Gasteiger partial charge in [-0.05, 0) is 16.9 Å². The van der Waals surface area contributed by atoms with Gasteiger partial charge in [0.15, 0.2) is 5.69 Å². The third-order valence-corrected chi connectivity index (χ3v) is 3.75. The number of benzene rings is 2. The fourth-order valence-corrected chi connectivity index (χ4v) is 2.87. The first-order valence-corrected chi connectivity index (χ1v) is 6.58. The molecule has 88 valence electrons. The molecule has 0 aliphatic rings. The minimum absolute atomic E-state index is 0.729. The molecule has 0 unspecified atom stereocenters. The van der Waals surface area contributed by atoms with Crippen LogP contribution in [0.5, 0.6) is 0 Å². The van der Waals surface area contributed by atoms with E-state index in [4.69, 9.17) is 5.73 Å². The number of nitrogens with two attached hydrogens (primary N) is 1. The maximum atomic E-state index is 5.92. The SMILES string of the molecule is Nc1[nH+]c(-c2ccccc2)c(-c2ccccc2)s1. The molecule has 3 rings (SSSR count). The van der Waals surface area contributed by atoms with Crippen molar-refractivity contribution in [3.8, 4) is 21.7 Å². The second-order valence-corrected chi connectivity index (χ2v) is 5.08. The lowest BCUT2D eigenvalue weighted by Crippen LogP contribution is -2.07. The van der Waals surface area contributed by atoms with Gasteiger partial charge in [0, 0.05) is 5.56 Å². The summed E-state index contributed by atoms with van der Waals surface area (Å²) in [6, 6.07) is 20.6. The van der Waals surface area contributed by atoms with Crippen LogP contribution in [-0.4, -0.2) is 0 Å². The number of nitrogen functional groups attached to an aromatic ring is 1. The lowest BCUT2D eigenvalue weighted by atomic mass is 10.1. The molecule has 3 aromatic rings. The highest BCUT2D eigenvalue weighted by Crippen LogP contribution is 2.34. The fraction of sp³-hybridized carbons (Fsp3) is 0. The number of hydrogen-bond donors (Lipinski definition) is 1. The van der Waals surface area contributed by atoms with Gasteiger partial charge in [0.1, 0.15) is 0 Å². The topological polar surface area (TPSA) is 40.2 Å². The van der Waals surface area contributed by atoms with Crippen LogP contribution in [-0.2, 0) is 0 Å². The quantitative estimate of drug-likeness (QED) is 0.746. The van der Waals surface area contributed by atoms with Gasteiger partial charge >= 0.3 is 5.13 Å². The van der Waals surface area contributed by atoms with Gasteiger partial charge < -0.3 is 0 Å². The number of anilines is 1. The smallest absolute Gasteiger partial charge is 0.278 e. The van der Waals surface area contributed by atoms with Gasteiger partial charge in [-0.25, -0.2) is 4.98 Å². The van der Waals surface area contributed by atoms with Crippen LogP contribution in [0.4, 0.5) is 5.13 Å². The molecule has 0 atom stereocenters. The number of thiazole rings is 1. The van der Waals surface area contributed by atoms with Gasteiger partial charge in [-0.2, -0.15) is 0 Å². The first-order valence-electron chi connectivity index (χ1n) is 5.77. The number of nitrogens with one attached hydrogen (secondary N) is 1. The summed E-state index contributed by atoms with van der Waals surface area (Å²) in [6.45, 7) is 0. The number of aromatic nitrogens is 1. The third kappa shape index (κ3) is 2.00. The Kier molecular flexibility index (Phi) is 2.82. The number of aromatic amines is 1. The summed E-state index contributed by atoms with van der Waals surface area (Å²) in [6.07, 6.45) is 0. The first-order chi connectivity index (χ1) is 8.84. The molecule has 0 radical (unpaired) electrons. The molecule has 0 aliphatic carbocycles. The van der Waals surface area contributed by atoms with Crippen molar-refractivity contribution in [3.05, 3.63) is 60.7 Å². The van der Waals surface area contributed by atoms with E-state index in [0.29, 0.717) is 0 Å². The maximum Gasteiger partial charge on any atom is 0.330 e. The Morgan fingerprint density at radius 2 is 1.33 bits per heavy atom. The average Bonchev–Trinajstić information content (AvgIpc) is 2.83. The average molecular weight is 253 g/mol. The standard InChI is InChI=1S/C15H12N2S/c16-15-17-13(11-7-3-1-4-8-11)14(18-15)12-9-5-2-6-10-12/h1-10H,(H2,16,17)/p+1. The molecule has 1 heterocycles. The normalized spacial score (nSPS) is 10.4. The van der Waals surface area contributed by atoms with E-state index in [1.54, 1.807) is 11.3 Å². The van der Waals surface area contributed by atoms with E-state index in [9.17, 15) is 0 Å². The Labute approximate surface area is 110 Å². The highest BCUT2D eigenvalue weighted by Gasteiger charge is 2.16. The van der Waals surface area contributed by atoms with E-state index >= 15 is 0 Å². The lowest BCUT2D eigenvalue weighted by molar-refractivity contribution is -0.340. The Morgan fingerprint density at radius 3 is 1.94 bits per heavy atom. The molecular weight excluding hydrogens is 240 g/mol. The van der Waals surface area contributed by atoms with E-state index in [2.05, 4.69) is 29.2 Å². The van der Waals surface area contributed by atoms with Crippen molar-refractivity contribution in [2.24, 2.45) is 0 Å². The highest BCUT2D eigenvalue weighted by atomic mass is 32.1. The van der Waals surface area contributed by atoms with Gasteiger partial charge in [-0.3, -0.25) is 5.73 Å². The molecule has 18 heavy (non-hydrogen) atoms. The van der Waals surface area contributed by atoms with Gasteiger partial charge in [0.05, 0.1) is 4.88 Å². The van der Waals surface area contributed by atoms with Crippen molar-refractivity contribution in [3.63, 3.8) is 0 Å². The van der Waals surface area contributed by atoms with Crippen molar-refractivity contribution in [1.82, 2.24) is 0 Å². The number of H-pyrrole nitrogens is 1. The van der Waals surface area contributed by atoms with Crippen molar-refractivity contribution >= 4 is 16.5 Å². The maximum absolute atomic E-state index is 5.92. The van der Waals surface area contributed by atoms with Crippen LogP contribution >= 0.6 is 11.3 Å². The van der Waals surface area contributed by atoms with E-state index in [-0.39, 0.29) is 0 Å². The molecule has 0 fully saturated rings. The van der Waals surface area contributed by atoms with Crippen LogP contribution in [0.3, 0.4) is 0 Å². The summed E-state index contributed by atoms with van der Waals surface area (Å²) < 4.78 is 0. The van der Waals surface area contributed by atoms with Crippen LogP contribution < -0.4 is 10.7 Å². The van der Waals surface area contributed by atoms with Crippen LogP contribution in [0.25, 0.3) is 21.7 Å². The second-order valence-electron chi connectivity index (χ2n) is 4.03. The molecule has 2 aromatic carbocycles. The minimum Gasteiger partial charge on any atom is -0.278 e. The number of hydrogen-bond acceptors (Lipinski definition) is 2. The first kappa shape index (κ1) is 11.0. The zero-order chi connectivity index (χ0) is 12.4. The summed E-state index contributed by atoms with van der Waals surface area (Å²) in [5, 5.41) is 0.729. The van der Waals surface area contributed by atoms with Crippen molar-refractivity contribution in [1.29, 1.82) is 0 Å². The van der Waals surface area contributed by atoms with Crippen molar-refractivity contribution in [2.75, 3.05) is 5.73 Å². The van der Waals surface area contributed by atoms with Crippen LogP contribution in [0.1, 0.15) is 0 Å². The third-order valence-electron chi connectivity index (χ3n) is 2.79. The summed E-state index contributed by atoms with van der Waals surface area (Å²) in [7, 11) is 0. The molecular formula is C15H13N2S+. The Hall–Kier alpha value is -2.13. The molecule has 2 nitrogen and oxygen atoms in total. The molecule has 3 N–H and O–H groups in total. The van der Waals surface area contributed by atoms with E-state index in [0.717, 1.165) is 16.4 Å². The predicted molar refractivity (Wildman–Crippen MR) is 76.2 cm³/mol. The fourth-order valence-electron chi connectivity index (χ4n) is 1.97. The Bertz CT molecular complexity index is 588. The van der Waals surface area contributed by atoms with E-state index in [1.807, 2.05) is 36.4 Å². The second kappa shape index (κ2) is 4.63. The van der Waals surface area contributed by atoms with E-state index < -0.39 is 0 Å². The minimum atomic E-state index is 0.729. The van der Waals surface area contributed by atoms with Crippen LogP contribution in [0.15, 0.2) is 60.7 Å². The summed E-state index contributed by atoms with van der Waals surface area (Å²) in [5.74, 6) is 0. The Morgan fingerprint density at radius 1 is 0.778 bits per heavy atom. The molecule has 3 heteroatoms. The lowest BCUT2D eigenvalue weighted by Gasteiger charge is -2.00. The van der Waals surface area contributed by atoms with Gasteiger partial charge in [0.2, 0.25) is 0 Å². The molecule has 0 bridgehead atoms. The van der Waals surface area contributed by atoms with Crippen LogP contribution in [0.2, 0.25) is 0 Å². The van der Waals surface area contributed by atoms with Gasteiger partial charge in [-0.1, -0.05) is 60.7 Å². The summed E-state index contributed by atoms with van der Waals surface area (Å²) in [4.78, 5) is 4.44. The molecule has 0 saturated carbocycles. The molecule has 0 spiro atoms.